The van der Waals surface area contributed by atoms with Crippen LogP contribution in [0.1, 0.15) is 30.1 Å². The van der Waals surface area contributed by atoms with Crippen molar-refractivity contribution in [2.45, 2.75) is 19.8 Å². The second-order valence-corrected chi connectivity index (χ2v) is 4.54. The van der Waals surface area contributed by atoms with Gasteiger partial charge in [0.05, 0.1) is 11.3 Å². The molecule has 1 aromatic rings. The van der Waals surface area contributed by atoms with Crippen LogP contribution in [0.2, 0.25) is 0 Å². The van der Waals surface area contributed by atoms with E-state index in [1.54, 1.807) is 0 Å². The molecule has 0 saturated carbocycles. The second kappa shape index (κ2) is 7.04. The smallest absolute Gasteiger partial charge is 0.254 e. The Labute approximate surface area is 110 Å². The van der Waals surface area contributed by atoms with Crippen molar-refractivity contribution in [1.29, 1.82) is 0 Å². The standard InChI is InChI=1S/C13H18F2N2O2/c1-8(7-18)3-2-4-17-13(19)10-5-9(14)6-11(16)12(10)15/h5-6,8,18H,2-4,7,16H2,1H3,(H,17,19). The third-order valence-electron chi connectivity index (χ3n) is 2.78. The molecule has 1 aromatic carbocycles. The minimum atomic E-state index is -0.914. The van der Waals surface area contributed by atoms with Crippen LogP contribution in [0.3, 0.4) is 0 Å². The zero-order chi connectivity index (χ0) is 14.4. The molecule has 1 rings (SSSR count). The van der Waals surface area contributed by atoms with Gasteiger partial charge in [0.15, 0.2) is 5.82 Å². The molecule has 0 aromatic heterocycles. The summed E-state index contributed by atoms with van der Waals surface area (Å²) in [5.41, 5.74) is 4.46. The molecule has 0 heterocycles. The van der Waals surface area contributed by atoms with E-state index < -0.39 is 23.1 Å². The molecule has 0 aliphatic carbocycles. The van der Waals surface area contributed by atoms with E-state index in [1.807, 2.05) is 6.92 Å². The highest BCUT2D eigenvalue weighted by Gasteiger charge is 2.15. The number of carbonyl (C=O) groups is 1. The van der Waals surface area contributed by atoms with Gasteiger partial charge in [-0.2, -0.15) is 0 Å². The van der Waals surface area contributed by atoms with Gasteiger partial charge in [-0.3, -0.25) is 4.79 Å². The third-order valence-corrected chi connectivity index (χ3v) is 2.78. The van der Waals surface area contributed by atoms with Crippen LogP contribution in [0, 0.1) is 17.6 Å². The third kappa shape index (κ3) is 4.48. The maximum absolute atomic E-state index is 13.5. The fourth-order valence-electron chi connectivity index (χ4n) is 1.61. The topological polar surface area (TPSA) is 75.3 Å². The minimum absolute atomic E-state index is 0.0863. The summed E-state index contributed by atoms with van der Waals surface area (Å²) in [6.45, 7) is 2.30. The van der Waals surface area contributed by atoms with Crippen molar-refractivity contribution in [3.8, 4) is 0 Å². The molecule has 0 spiro atoms. The highest BCUT2D eigenvalue weighted by Crippen LogP contribution is 2.17. The Balaban J connectivity index is 2.55. The summed E-state index contributed by atoms with van der Waals surface area (Å²) in [7, 11) is 0. The van der Waals surface area contributed by atoms with E-state index in [-0.39, 0.29) is 18.2 Å². The summed E-state index contributed by atoms with van der Waals surface area (Å²) in [6, 6.07) is 1.65. The molecular weight excluding hydrogens is 254 g/mol. The molecular formula is C13H18F2N2O2. The fraction of sp³-hybridized carbons (Fsp3) is 0.462. The van der Waals surface area contributed by atoms with Crippen LogP contribution < -0.4 is 11.1 Å². The number of hydrogen-bond donors (Lipinski definition) is 3. The average Bonchev–Trinajstić information content (AvgIpc) is 2.38. The molecule has 19 heavy (non-hydrogen) atoms. The van der Waals surface area contributed by atoms with Crippen molar-refractivity contribution in [3.05, 3.63) is 29.3 Å². The number of benzene rings is 1. The zero-order valence-electron chi connectivity index (χ0n) is 10.7. The lowest BCUT2D eigenvalue weighted by Gasteiger charge is -2.09. The van der Waals surface area contributed by atoms with E-state index in [4.69, 9.17) is 10.8 Å². The highest BCUT2D eigenvalue weighted by atomic mass is 19.1. The predicted octanol–water partition coefficient (Wildman–Crippen LogP) is 1.69. The van der Waals surface area contributed by atoms with Crippen molar-refractivity contribution in [1.82, 2.24) is 5.32 Å². The molecule has 0 bridgehead atoms. The first kappa shape index (κ1) is 15.4. The molecule has 1 amide bonds. The Morgan fingerprint density at radius 2 is 2.16 bits per heavy atom. The number of aliphatic hydroxyl groups excluding tert-OH is 1. The number of nitrogens with one attached hydrogen (secondary N) is 1. The number of halogens is 2. The van der Waals surface area contributed by atoms with E-state index in [9.17, 15) is 13.6 Å². The van der Waals surface area contributed by atoms with E-state index in [0.717, 1.165) is 18.6 Å². The number of hydrogen-bond acceptors (Lipinski definition) is 3. The van der Waals surface area contributed by atoms with Gasteiger partial charge >= 0.3 is 0 Å². The molecule has 0 aliphatic heterocycles. The quantitative estimate of drug-likeness (QED) is 0.545. The van der Waals surface area contributed by atoms with Crippen LogP contribution in [0.4, 0.5) is 14.5 Å². The van der Waals surface area contributed by atoms with Gasteiger partial charge in [-0.05, 0) is 30.9 Å². The van der Waals surface area contributed by atoms with Crippen molar-refractivity contribution >= 4 is 11.6 Å². The number of nitrogen functional groups attached to an aromatic ring is 1. The number of carbonyl (C=O) groups excluding carboxylic acids is 1. The lowest BCUT2D eigenvalue weighted by molar-refractivity contribution is 0.0947. The fourth-order valence-corrected chi connectivity index (χ4v) is 1.61. The molecule has 4 N–H and O–H groups in total. The van der Waals surface area contributed by atoms with Crippen molar-refractivity contribution in [2.75, 3.05) is 18.9 Å². The Morgan fingerprint density at radius 1 is 1.47 bits per heavy atom. The van der Waals surface area contributed by atoms with Crippen molar-refractivity contribution in [3.63, 3.8) is 0 Å². The lowest BCUT2D eigenvalue weighted by atomic mass is 10.1. The van der Waals surface area contributed by atoms with Gasteiger partial charge in [-0.1, -0.05) is 6.92 Å². The first-order chi connectivity index (χ1) is 8.95. The first-order valence-electron chi connectivity index (χ1n) is 6.09. The van der Waals surface area contributed by atoms with Crippen LogP contribution in [0.25, 0.3) is 0 Å². The highest BCUT2D eigenvalue weighted by molar-refractivity contribution is 5.95. The Kier molecular flexibility index (Phi) is 5.69. The van der Waals surface area contributed by atoms with E-state index in [0.29, 0.717) is 13.0 Å². The van der Waals surface area contributed by atoms with Crippen LogP contribution in [0.5, 0.6) is 0 Å². The maximum atomic E-state index is 13.5. The molecule has 4 nitrogen and oxygen atoms in total. The van der Waals surface area contributed by atoms with Crippen LogP contribution >= 0.6 is 0 Å². The van der Waals surface area contributed by atoms with Crippen LogP contribution in [0.15, 0.2) is 12.1 Å². The van der Waals surface area contributed by atoms with Crippen LogP contribution in [-0.4, -0.2) is 24.2 Å². The van der Waals surface area contributed by atoms with Crippen molar-refractivity contribution < 1.29 is 18.7 Å². The van der Waals surface area contributed by atoms with Gasteiger partial charge < -0.3 is 16.2 Å². The van der Waals surface area contributed by atoms with Crippen LogP contribution in [-0.2, 0) is 0 Å². The Bertz CT molecular complexity index is 453. The van der Waals surface area contributed by atoms with Crippen molar-refractivity contribution in [2.24, 2.45) is 5.92 Å². The van der Waals surface area contributed by atoms with Gasteiger partial charge in [-0.25, -0.2) is 8.78 Å². The van der Waals surface area contributed by atoms with Gasteiger partial charge in [0.2, 0.25) is 0 Å². The summed E-state index contributed by atoms with van der Waals surface area (Å²) in [5, 5.41) is 11.3. The maximum Gasteiger partial charge on any atom is 0.254 e. The second-order valence-electron chi connectivity index (χ2n) is 4.54. The van der Waals surface area contributed by atoms with Gasteiger partial charge in [0, 0.05) is 13.2 Å². The number of amides is 1. The predicted molar refractivity (Wildman–Crippen MR) is 68.6 cm³/mol. The van der Waals surface area contributed by atoms with Gasteiger partial charge in [-0.15, -0.1) is 0 Å². The summed E-state index contributed by atoms with van der Waals surface area (Å²) < 4.78 is 26.6. The average molecular weight is 272 g/mol. The van der Waals surface area contributed by atoms with Gasteiger partial charge in [0.25, 0.3) is 5.91 Å². The van der Waals surface area contributed by atoms with Gasteiger partial charge in [0.1, 0.15) is 5.82 Å². The number of aliphatic hydroxyl groups is 1. The summed E-state index contributed by atoms with van der Waals surface area (Å²) in [5.74, 6) is -2.21. The molecule has 0 saturated heterocycles. The normalized spacial score (nSPS) is 12.2. The molecule has 1 unspecified atom stereocenters. The Hall–Kier alpha value is -1.69. The first-order valence-corrected chi connectivity index (χ1v) is 6.09. The SMILES string of the molecule is CC(CO)CCCNC(=O)c1cc(F)cc(N)c1F. The summed E-state index contributed by atoms with van der Waals surface area (Å²) in [4.78, 5) is 11.7. The lowest BCUT2D eigenvalue weighted by Crippen LogP contribution is -2.26. The number of anilines is 1. The zero-order valence-corrected chi connectivity index (χ0v) is 10.7. The molecule has 106 valence electrons. The molecule has 0 radical (unpaired) electrons. The largest absolute Gasteiger partial charge is 0.396 e. The monoisotopic (exact) mass is 272 g/mol. The Morgan fingerprint density at radius 3 is 2.79 bits per heavy atom. The van der Waals surface area contributed by atoms with E-state index in [2.05, 4.69) is 5.32 Å². The molecule has 6 heteroatoms. The summed E-state index contributed by atoms with van der Waals surface area (Å²) >= 11 is 0. The van der Waals surface area contributed by atoms with E-state index >= 15 is 0 Å². The molecule has 1 atom stereocenters. The minimum Gasteiger partial charge on any atom is -0.396 e. The number of nitrogens with two attached hydrogens (primary N) is 1. The summed E-state index contributed by atoms with van der Waals surface area (Å²) in [6.07, 6.45) is 1.39. The molecule has 0 aliphatic rings. The van der Waals surface area contributed by atoms with E-state index in [1.165, 1.54) is 0 Å². The molecule has 0 fully saturated rings. The number of rotatable bonds is 6.